The fourth-order valence-corrected chi connectivity index (χ4v) is 8.53. The van der Waals surface area contributed by atoms with Crippen LogP contribution in [-0.2, 0) is 20.4 Å². The Morgan fingerprint density at radius 2 is 1.45 bits per heavy atom. The number of carboxylic acid groups (broad SMARTS) is 2. The zero-order chi connectivity index (χ0) is 35.2. The van der Waals surface area contributed by atoms with Crippen LogP contribution in [0.2, 0.25) is 0 Å². The number of benzene rings is 2. The third-order valence-corrected chi connectivity index (χ3v) is 11.4. The number of carbonyl (C=O) groups is 2. The summed E-state index contributed by atoms with van der Waals surface area (Å²) in [6.07, 6.45) is 15.0. The highest BCUT2D eigenvalue weighted by atomic mass is 35.5. The molecule has 262 valence electrons. The van der Waals surface area contributed by atoms with E-state index >= 15 is 0 Å². The molecule has 0 amide bonds. The second-order valence-electron chi connectivity index (χ2n) is 15.0. The molecular weight excluding hydrogens is 632 g/mol. The van der Waals surface area contributed by atoms with Crippen LogP contribution in [0, 0.1) is 0 Å². The number of fused-ring (bicyclic) bond motifs is 2. The van der Waals surface area contributed by atoms with Gasteiger partial charge in [-0.05, 0) is 88.5 Å². The molecule has 49 heavy (non-hydrogen) atoms. The van der Waals surface area contributed by atoms with E-state index in [-0.39, 0.29) is 23.7 Å². The minimum Gasteiger partial charge on any atom is -0.481 e. The van der Waals surface area contributed by atoms with E-state index in [1.165, 1.54) is 45.1 Å². The normalized spacial score (nSPS) is 19.6. The van der Waals surface area contributed by atoms with Crippen LogP contribution in [0.25, 0.3) is 0 Å². The van der Waals surface area contributed by atoms with Gasteiger partial charge >= 0.3 is 11.9 Å². The van der Waals surface area contributed by atoms with Gasteiger partial charge in [-0.1, -0.05) is 79.9 Å². The Morgan fingerprint density at radius 1 is 0.796 bits per heavy atom. The van der Waals surface area contributed by atoms with Gasteiger partial charge in [-0.25, -0.2) is 0 Å². The first kappa shape index (κ1) is 36.6. The van der Waals surface area contributed by atoms with Gasteiger partial charge in [-0.3, -0.25) is 9.59 Å². The van der Waals surface area contributed by atoms with Crippen molar-refractivity contribution in [2.45, 2.75) is 122 Å². The molecule has 2 aliphatic heterocycles. The van der Waals surface area contributed by atoms with E-state index in [9.17, 15) is 9.59 Å². The maximum atomic E-state index is 11.0. The van der Waals surface area contributed by atoms with Gasteiger partial charge in [0.2, 0.25) is 5.69 Å². The SMILES string of the molecule is CC1(C)C(=CC=C2CCCC(CCC3=[N+](CCCCCC(=O)O)c4ccccc4C3(C)C)=C2Cl)N(CCCCCC(=O)O)c2ccccc21. The number of halogens is 1. The standard InChI is InChI=1S/C42H53ClN2O4/c1-41(2)32-18-9-11-20-34(32)44(28-13-5-7-22-38(46)47)36(41)26-24-30-16-15-17-31(40(30)43)25-27-37-42(3,4)33-19-10-12-21-35(33)45(37)29-14-6-8-23-39(48)49/h9-12,18-21,24,26H,5-8,13-17,22-23,25,27-29H2,1-4H3,(H-,46,47,48,49)/p+1. The number of nitrogens with zero attached hydrogens (tertiary/aromatic N) is 2. The molecule has 0 radical (unpaired) electrons. The predicted octanol–water partition coefficient (Wildman–Crippen LogP) is 10.4. The third kappa shape index (κ3) is 8.23. The number of unbranched alkanes of at least 4 members (excludes halogenated alkanes) is 4. The lowest BCUT2D eigenvalue weighted by atomic mass is 9.79. The van der Waals surface area contributed by atoms with Gasteiger partial charge in [-0.2, -0.15) is 4.58 Å². The molecule has 0 bridgehead atoms. The van der Waals surface area contributed by atoms with Crippen LogP contribution in [0.3, 0.4) is 0 Å². The number of carboxylic acids is 2. The van der Waals surface area contributed by atoms with Crippen LogP contribution in [0.15, 0.2) is 82.6 Å². The first-order chi connectivity index (χ1) is 23.4. The molecule has 0 unspecified atom stereocenters. The van der Waals surface area contributed by atoms with Crippen molar-refractivity contribution in [1.82, 2.24) is 0 Å². The lowest BCUT2D eigenvalue weighted by Crippen LogP contribution is -2.30. The molecule has 0 saturated carbocycles. The Labute approximate surface area is 297 Å². The lowest BCUT2D eigenvalue weighted by molar-refractivity contribution is -0.440. The van der Waals surface area contributed by atoms with E-state index in [1.54, 1.807) is 0 Å². The fourth-order valence-electron chi connectivity index (χ4n) is 8.19. The highest BCUT2D eigenvalue weighted by Crippen LogP contribution is 2.48. The van der Waals surface area contributed by atoms with Gasteiger partial charge in [0.1, 0.15) is 6.54 Å². The molecular formula is C42H54ClN2O4+. The maximum absolute atomic E-state index is 11.0. The van der Waals surface area contributed by atoms with Crippen molar-refractivity contribution in [3.8, 4) is 0 Å². The Balaban J connectivity index is 1.36. The molecule has 2 heterocycles. The molecule has 0 aromatic heterocycles. The van der Waals surface area contributed by atoms with Crippen LogP contribution in [0.1, 0.15) is 122 Å². The van der Waals surface area contributed by atoms with Crippen molar-refractivity contribution < 1.29 is 24.4 Å². The average molecular weight is 686 g/mol. The molecule has 0 fully saturated rings. The molecule has 5 rings (SSSR count). The van der Waals surface area contributed by atoms with Crippen LogP contribution in [0.4, 0.5) is 11.4 Å². The third-order valence-electron chi connectivity index (χ3n) is 10.9. The number of allylic oxidation sites excluding steroid dienone is 6. The summed E-state index contributed by atoms with van der Waals surface area (Å²) in [6.45, 7) is 11.0. The molecule has 2 aromatic carbocycles. The Kier molecular flexibility index (Phi) is 11.9. The lowest BCUT2D eigenvalue weighted by Gasteiger charge is -2.27. The summed E-state index contributed by atoms with van der Waals surface area (Å²) in [5.74, 6) is -1.45. The maximum Gasteiger partial charge on any atom is 0.303 e. The van der Waals surface area contributed by atoms with Gasteiger partial charge in [0.15, 0.2) is 5.71 Å². The minimum absolute atomic E-state index is 0.0808. The quantitative estimate of drug-likeness (QED) is 0.136. The molecule has 0 saturated heterocycles. The highest BCUT2D eigenvalue weighted by Gasteiger charge is 2.45. The molecule has 6 nitrogen and oxygen atoms in total. The monoisotopic (exact) mass is 685 g/mol. The Hall–Kier alpha value is -3.64. The number of anilines is 1. The van der Waals surface area contributed by atoms with Gasteiger partial charge in [0.05, 0.1) is 5.41 Å². The second kappa shape index (κ2) is 15.9. The average Bonchev–Trinajstić information content (AvgIpc) is 3.41. The van der Waals surface area contributed by atoms with Crippen LogP contribution < -0.4 is 4.90 Å². The summed E-state index contributed by atoms with van der Waals surface area (Å²) in [4.78, 5) is 24.5. The second-order valence-corrected chi connectivity index (χ2v) is 15.3. The highest BCUT2D eigenvalue weighted by molar-refractivity contribution is 6.32. The van der Waals surface area contributed by atoms with Crippen molar-refractivity contribution in [2.24, 2.45) is 0 Å². The van der Waals surface area contributed by atoms with E-state index in [1.807, 2.05) is 0 Å². The van der Waals surface area contributed by atoms with Crippen molar-refractivity contribution in [3.05, 3.63) is 93.7 Å². The number of aliphatic carboxylic acids is 2. The summed E-state index contributed by atoms with van der Waals surface area (Å²) in [7, 11) is 0. The van der Waals surface area contributed by atoms with E-state index in [4.69, 9.17) is 21.8 Å². The summed E-state index contributed by atoms with van der Waals surface area (Å²) in [5.41, 5.74) is 10.2. The van der Waals surface area contributed by atoms with Crippen LogP contribution in [0.5, 0.6) is 0 Å². The van der Waals surface area contributed by atoms with Crippen molar-refractivity contribution in [1.29, 1.82) is 0 Å². The molecule has 3 aliphatic rings. The topological polar surface area (TPSA) is 80.9 Å². The number of rotatable bonds is 16. The van der Waals surface area contributed by atoms with Crippen molar-refractivity contribution >= 4 is 40.6 Å². The molecule has 7 heteroatoms. The number of hydrogen-bond acceptors (Lipinski definition) is 3. The first-order valence-electron chi connectivity index (χ1n) is 18.3. The minimum atomic E-state index is -0.727. The molecule has 1 aliphatic carbocycles. The van der Waals surface area contributed by atoms with Crippen LogP contribution >= 0.6 is 11.6 Å². The van der Waals surface area contributed by atoms with E-state index in [2.05, 4.69) is 97.9 Å². The molecule has 0 atom stereocenters. The molecule has 2 N–H and O–H groups in total. The van der Waals surface area contributed by atoms with E-state index in [0.717, 1.165) is 75.9 Å². The first-order valence-corrected chi connectivity index (χ1v) is 18.6. The number of para-hydroxylation sites is 2. The predicted molar refractivity (Wildman–Crippen MR) is 200 cm³/mol. The fraction of sp³-hybridized carbons (Fsp3) is 0.500. The zero-order valence-corrected chi connectivity index (χ0v) is 30.6. The summed E-state index contributed by atoms with van der Waals surface area (Å²) < 4.78 is 2.50. The number of hydrogen-bond donors (Lipinski definition) is 2. The zero-order valence-electron chi connectivity index (χ0n) is 29.9. The summed E-state index contributed by atoms with van der Waals surface area (Å²) in [5, 5.41) is 19.1. The largest absolute Gasteiger partial charge is 0.481 e. The summed E-state index contributed by atoms with van der Waals surface area (Å²) in [6, 6.07) is 17.4. The Morgan fingerprint density at radius 3 is 2.16 bits per heavy atom. The molecule has 2 aromatic rings. The van der Waals surface area contributed by atoms with Crippen molar-refractivity contribution in [3.63, 3.8) is 0 Å². The van der Waals surface area contributed by atoms with Crippen molar-refractivity contribution in [2.75, 3.05) is 18.0 Å². The van der Waals surface area contributed by atoms with E-state index in [0.29, 0.717) is 12.8 Å². The van der Waals surface area contributed by atoms with Crippen LogP contribution in [-0.4, -0.2) is 45.5 Å². The van der Waals surface area contributed by atoms with Gasteiger partial charge in [0, 0.05) is 65.7 Å². The van der Waals surface area contributed by atoms with E-state index < -0.39 is 11.9 Å². The summed E-state index contributed by atoms with van der Waals surface area (Å²) >= 11 is 7.25. The van der Waals surface area contributed by atoms with Gasteiger partial charge in [0.25, 0.3) is 0 Å². The smallest absolute Gasteiger partial charge is 0.303 e. The van der Waals surface area contributed by atoms with Gasteiger partial charge < -0.3 is 15.1 Å². The van der Waals surface area contributed by atoms with Gasteiger partial charge in [-0.15, -0.1) is 0 Å². The Bertz CT molecular complexity index is 1680. The molecule has 0 spiro atoms.